The molecule has 0 amide bonds. The van der Waals surface area contributed by atoms with Gasteiger partial charge in [-0.1, -0.05) is 0 Å². The Morgan fingerprint density at radius 3 is 3.19 bits per heavy atom. The Morgan fingerprint density at radius 1 is 1.50 bits per heavy atom. The Kier molecular flexibility index (Phi) is 2.51. The molecule has 82 valence electrons. The molecule has 0 aromatic carbocycles. The number of thiophene rings is 1. The zero-order valence-corrected chi connectivity index (χ0v) is 10.1. The molecule has 3 aromatic heterocycles. The van der Waals surface area contributed by atoms with Crippen LogP contribution < -0.4 is 5.73 Å². The van der Waals surface area contributed by atoms with E-state index in [0.29, 0.717) is 0 Å². The van der Waals surface area contributed by atoms with Crippen molar-refractivity contribution in [2.45, 2.75) is 12.5 Å². The normalized spacial score (nSPS) is 13.3. The predicted octanol–water partition coefficient (Wildman–Crippen LogP) is 2.93. The number of hydrogen-bond acceptors (Lipinski definition) is 4. The topological polar surface area (TPSA) is 54.7 Å². The quantitative estimate of drug-likeness (QED) is 0.750. The summed E-state index contributed by atoms with van der Waals surface area (Å²) in [6, 6.07) is 4.32. The van der Waals surface area contributed by atoms with E-state index in [1.54, 1.807) is 22.7 Å². The maximum absolute atomic E-state index is 6.18. The van der Waals surface area contributed by atoms with E-state index < -0.39 is 0 Å². The summed E-state index contributed by atoms with van der Waals surface area (Å²) in [5, 5.41) is 1.25. The molecule has 0 fully saturated rings. The van der Waals surface area contributed by atoms with Crippen LogP contribution in [0.1, 0.15) is 15.8 Å². The fourth-order valence-electron chi connectivity index (χ4n) is 1.71. The molecule has 0 bridgehead atoms. The second kappa shape index (κ2) is 4.01. The van der Waals surface area contributed by atoms with Crippen LogP contribution in [0.2, 0.25) is 0 Å². The number of thiazole rings is 1. The first-order valence-electron chi connectivity index (χ1n) is 5.02. The number of H-pyrrole nitrogens is 1. The highest BCUT2D eigenvalue weighted by Crippen LogP contribution is 2.29. The Labute approximate surface area is 101 Å². The summed E-state index contributed by atoms with van der Waals surface area (Å²) >= 11 is 3.40. The van der Waals surface area contributed by atoms with Gasteiger partial charge in [0.05, 0.1) is 10.3 Å². The maximum Gasteiger partial charge on any atom is 0.0999 e. The third-order valence-corrected chi connectivity index (χ3v) is 4.54. The van der Waals surface area contributed by atoms with Gasteiger partial charge in [0.15, 0.2) is 0 Å². The zero-order valence-electron chi connectivity index (χ0n) is 8.51. The van der Waals surface area contributed by atoms with Crippen LogP contribution in [0.4, 0.5) is 0 Å². The average molecular weight is 249 g/mol. The first kappa shape index (κ1) is 10.0. The summed E-state index contributed by atoms with van der Waals surface area (Å²) in [4.78, 5) is 10.9. The van der Waals surface area contributed by atoms with E-state index in [-0.39, 0.29) is 6.04 Å². The molecule has 0 saturated carbocycles. The van der Waals surface area contributed by atoms with Crippen molar-refractivity contribution in [1.82, 2.24) is 9.97 Å². The Bertz CT molecular complexity index is 551. The Hall–Kier alpha value is -1.17. The van der Waals surface area contributed by atoms with Crippen molar-refractivity contribution in [1.29, 1.82) is 0 Å². The number of nitrogens with one attached hydrogen (secondary N) is 1. The molecule has 0 spiro atoms. The van der Waals surface area contributed by atoms with Crippen LogP contribution in [0, 0.1) is 0 Å². The summed E-state index contributed by atoms with van der Waals surface area (Å²) in [6.07, 6.45) is 4.72. The van der Waals surface area contributed by atoms with Gasteiger partial charge in [-0.3, -0.25) is 4.98 Å². The van der Waals surface area contributed by atoms with Crippen molar-refractivity contribution in [2.24, 2.45) is 5.73 Å². The minimum absolute atomic E-state index is 0.0752. The summed E-state index contributed by atoms with van der Waals surface area (Å²) in [7, 11) is 0. The molecule has 0 aliphatic heterocycles. The van der Waals surface area contributed by atoms with Gasteiger partial charge in [-0.25, -0.2) is 0 Å². The predicted molar refractivity (Wildman–Crippen MR) is 68.9 cm³/mol. The molecule has 3 rings (SSSR count). The van der Waals surface area contributed by atoms with Crippen LogP contribution in [0.25, 0.3) is 10.2 Å². The van der Waals surface area contributed by atoms with Gasteiger partial charge < -0.3 is 10.7 Å². The summed E-state index contributed by atoms with van der Waals surface area (Å²) in [6.45, 7) is 0. The number of nitrogens with zero attached hydrogens (tertiary/aromatic N) is 1. The van der Waals surface area contributed by atoms with Crippen molar-refractivity contribution in [3.8, 4) is 0 Å². The first-order valence-corrected chi connectivity index (χ1v) is 6.72. The summed E-state index contributed by atoms with van der Waals surface area (Å²) in [5.41, 5.74) is 8.03. The van der Waals surface area contributed by atoms with Crippen molar-refractivity contribution in [3.63, 3.8) is 0 Å². The minimum Gasteiger partial charge on any atom is -0.353 e. The largest absolute Gasteiger partial charge is 0.353 e. The van der Waals surface area contributed by atoms with Gasteiger partial charge in [-0.15, -0.1) is 22.7 Å². The SMILES string of the molecule is NC(Cc1cncs1)c1cc2cc[nH]c2s1. The summed E-state index contributed by atoms with van der Waals surface area (Å²) in [5.74, 6) is 0. The molecule has 3 nitrogen and oxygen atoms in total. The third-order valence-electron chi connectivity index (χ3n) is 2.53. The van der Waals surface area contributed by atoms with E-state index in [0.717, 1.165) is 6.42 Å². The second-order valence-electron chi connectivity index (χ2n) is 3.69. The molecule has 1 atom stereocenters. The number of hydrogen-bond donors (Lipinski definition) is 2. The van der Waals surface area contributed by atoms with Crippen LogP contribution in [-0.2, 0) is 6.42 Å². The van der Waals surface area contributed by atoms with Crippen molar-refractivity contribution < 1.29 is 0 Å². The van der Waals surface area contributed by atoms with Gasteiger partial charge in [-0.2, -0.15) is 0 Å². The van der Waals surface area contributed by atoms with Gasteiger partial charge in [-0.05, 0) is 12.1 Å². The molecule has 3 aromatic rings. The van der Waals surface area contributed by atoms with E-state index in [4.69, 9.17) is 5.73 Å². The van der Waals surface area contributed by atoms with Gasteiger partial charge in [0.1, 0.15) is 0 Å². The third kappa shape index (κ3) is 1.77. The molecular weight excluding hydrogens is 238 g/mol. The number of aromatic amines is 1. The van der Waals surface area contributed by atoms with E-state index in [9.17, 15) is 0 Å². The molecule has 0 radical (unpaired) electrons. The minimum atomic E-state index is 0.0752. The smallest absolute Gasteiger partial charge is 0.0999 e. The highest BCUT2D eigenvalue weighted by molar-refractivity contribution is 7.18. The zero-order chi connectivity index (χ0) is 11.0. The number of aromatic nitrogens is 2. The van der Waals surface area contributed by atoms with Crippen LogP contribution in [0.3, 0.4) is 0 Å². The summed E-state index contributed by atoms with van der Waals surface area (Å²) < 4.78 is 0. The monoisotopic (exact) mass is 249 g/mol. The van der Waals surface area contributed by atoms with Crippen LogP contribution in [-0.4, -0.2) is 9.97 Å². The number of rotatable bonds is 3. The highest BCUT2D eigenvalue weighted by Gasteiger charge is 2.12. The van der Waals surface area contributed by atoms with Crippen LogP contribution in [0.5, 0.6) is 0 Å². The van der Waals surface area contributed by atoms with Crippen molar-refractivity contribution >= 4 is 32.9 Å². The number of nitrogens with two attached hydrogens (primary N) is 1. The lowest BCUT2D eigenvalue weighted by Gasteiger charge is -2.06. The molecule has 3 N–H and O–H groups in total. The van der Waals surface area contributed by atoms with Gasteiger partial charge in [0.25, 0.3) is 0 Å². The highest BCUT2D eigenvalue weighted by atomic mass is 32.1. The second-order valence-corrected chi connectivity index (χ2v) is 5.74. The molecule has 5 heteroatoms. The molecule has 0 saturated heterocycles. The van der Waals surface area contributed by atoms with E-state index >= 15 is 0 Å². The van der Waals surface area contributed by atoms with Crippen molar-refractivity contribution in [2.75, 3.05) is 0 Å². The molecule has 3 heterocycles. The Balaban J connectivity index is 1.84. The van der Waals surface area contributed by atoms with Gasteiger partial charge in [0, 0.05) is 40.0 Å². The molecule has 0 aliphatic rings. The van der Waals surface area contributed by atoms with Crippen molar-refractivity contribution in [3.05, 3.63) is 39.8 Å². The van der Waals surface area contributed by atoms with Crippen LogP contribution >= 0.6 is 22.7 Å². The lowest BCUT2D eigenvalue weighted by Crippen LogP contribution is -2.10. The molecule has 1 unspecified atom stereocenters. The average Bonchev–Trinajstić information content (AvgIpc) is 2.91. The Morgan fingerprint density at radius 2 is 2.44 bits per heavy atom. The fraction of sp³-hybridized carbons (Fsp3) is 0.182. The molecular formula is C11H11N3S2. The van der Waals surface area contributed by atoms with E-state index in [1.165, 1.54) is 20.0 Å². The lowest BCUT2D eigenvalue weighted by atomic mass is 10.1. The van der Waals surface area contributed by atoms with Gasteiger partial charge >= 0.3 is 0 Å². The van der Waals surface area contributed by atoms with E-state index in [2.05, 4.69) is 22.1 Å². The number of fused-ring (bicyclic) bond motifs is 1. The lowest BCUT2D eigenvalue weighted by molar-refractivity contribution is 0.744. The fourth-order valence-corrected chi connectivity index (χ4v) is 3.39. The molecule has 16 heavy (non-hydrogen) atoms. The maximum atomic E-state index is 6.18. The first-order chi connectivity index (χ1) is 7.83. The van der Waals surface area contributed by atoms with Gasteiger partial charge in [0.2, 0.25) is 0 Å². The molecule has 0 aliphatic carbocycles. The standard InChI is InChI=1S/C11H11N3S2/c12-9(4-8-5-13-6-15-8)10-3-7-1-2-14-11(7)16-10/h1-3,5-6,9,14H,4,12H2. The van der Waals surface area contributed by atoms with E-state index in [1.807, 2.05) is 17.9 Å². The van der Waals surface area contributed by atoms with Crippen LogP contribution in [0.15, 0.2) is 30.0 Å².